The Kier molecular flexibility index (Phi) is 8.45. The summed E-state index contributed by atoms with van der Waals surface area (Å²) in [6, 6.07) is 23.8. The van der Waals surface area contributed by atoms with Crippen LogP contribution in [0.5, 0.6) is 5.75 Å². The van der Waals surface area contributed by atoms with Crippen molar-refractivity contribution in [1.29, 1.82) is 0 Å². The standard InChI is InChI=1S/C28H28BrN5O2S/c1-28(2,3)21-13-11-20(12-14-21)26-32-33-27(34(26)22-8-6-5-7-9-22)37-18-25(35)31-30-17-19-10-15-24(36-4)23(29)16-19/h5-17H,18H2,1-4H3,(H,31,35)/b30-17+. The minimum absolute atomic E-state index is 0.0619. The van der Waals surface area contributed by atoms with Crippen molar-refractivity contribution in [3.8, 4) is 22.8 Å². The maximum Gasteiger partial charge on any atom is 0.250 e. The lowest BCUT2D eigenvalue weighted by molar-refractivity contribution is -0.118. The van der Waals surface area contributed by atoms with Crippen molar-refractivity contribution in [3.63, 3.8) is 0 Å². The highest BCUT2D eigenvalue weighted by atomic mass is 79.9. The van der Waals surface area contributed by atoms with E-state index in [1.165, 1.54) is 17.3 Å². The van der Waals surface area contributed by atoms with Crippen LogP contribution < -0.4 is 10.2 Å². The fourth-order valence-electron chi connectivity index (χ4n) is 3.58. The molecule has 37 heavy (non-hydrogen) atoms. The number of methoxy groups -OCH3 is 1. The quantitative estimate of drug-likeness (QED) is 0.152. The van der Waals surface area contributed by atoms with Gasteiger partial charge >= 0.3 is 0 Å². The smallest absolute Gasteiger partial charge is 0.250 e. The molecular formula is C28H28BrN5O2S. The molecule has 0 saturated heterocycles. The number of halogens is 1. The number of benzene rings is 3. The van der Waals surface area contributed by atoms with Crippen molar-refractivity contribution in [1.82, 2.24) is 20.2 Å². The molecule has 0 saturated carbocycles. The molecule has 4 aromatic rings. The molecule has 1 heterocycles. The summed E-state index contributed by atoms with van der Waals surface area (Å²) in [6.45, 7) is 6.57. The minimum atomic E-state index is -0.243. The van der Waals surface area contributed by atoms with Gasteiger partial charge in [0.1, 0.15) is 5.75 Å². The van der Waals surface area contributed by atoms with Crippen molar-refractivity contribution in [2.75, 3.05) is 12.9 Å². The van der Waals surface area contributed by atoms with Crippen LogP contribution in [0.1, 0.15) is 31.9 Å². The van der Waals surface area contributed by atoms with Crippen LogP contribution in [0.25, 0.3) is 17.1 Å². The van der Waals surface area contributed by atoms with E-state index in [9.17, 15) is 4.79 Å². The SMILES string of the molecule is COc1ccc(/C=N/NC(=O)CSc2nnc(-c3ccc(C(C)(C)C)cc3)n2-c2ccccc2)cc1Br. The lowest BCUT2D eigenvalue weighted by atomic mass is 9.87. The summed E-state index contributed by atoms with van der Waals surface area (Å²) < 4.78 is 8.01. The molecule has 0 aliphatic rings. The second-order valence-electron chi connectivity index (χ2n) is 9.28. The zero-order chi connectivity index (χ0) is 26.4. The highest BCUT2D eigenvalue weighted by Crippen LogP contribution is 2.30. The van der Waals surface area contributed by atoms with Crippen LogP contribution in [0, 0.1) is 0 Å². The molecule has 3 aromatic carbocycles. The molecule has 0 fully saturated rings. The number of carbonyl (C=O) groups is 1. The fraction of sp³-hybridized carbons (Fsp3) is 0.214. The first kappa shape index (κ1) is 26.6. The lowest BCUT2D eigenvalue weighted by Crippen LogP contribution is -2.20. The van der Waals surface area contributed by atoms with Gasteiger partial charge in [0.05, 0.1) is 23.5 Å². The van der Waals surface area contributed by atoms with Crippen LogP contribution in [0.4, 0.5) is 0 Å². The molecule has 0 radical (unpaired) electrons. The third-order valence-corrected chi connectivity index (χ3v) is 7.12. The number of hydrazone groups is 1. The maximum atomic E-state index is 12.5. The van der Waals surface area contributed by atoms with Gasteiger partial charge < -0.3 is 4.74 Å². The molecule has 9 heteroatoms. The molecule has 1 aromatic heterocycles. The Morgan fingerprint density at radius 1 is 1.08 bits per heavy atom. The number of thioether (sulfide) groups is 1. The Morgan fingerprint density at radius 2 is 1.81 bits per heavy atom. The van der Waals surface area contributed by atoms with Crippen LogP contribution in [0.15, 0.2) is 87.5 Å². The second-order valence-corrected chi connectivity index (χ2v) is 11.1. The van der Waals surface area contributed by atoms with E-state index in [4.69, 9.17) is 4.74 Å². The summed E-state index contributed by atoms with van der Waals surface area (Å²) in [7, 11) is 1.61. The van der Waals surface area contributed by atoms with Gasteiger partial charge in [-0.2, -0.15) is 5.10 Å². The van der Waals surface area contributed by atoms with Crippen LogP contribution in [-0.2, 0) is 10.2 Å². The molecular weight excluding hydrogens is 550 g/mol. The van der Waals surface area contributed by atoms with Crippen LogP contribution >= 0.6 is 27.7 Å². The van der Waals surface area contributed by atoms with E-state index < -0.39 is 0 Å². The Hall–Kier alpha value is -3.43. The van der Waals surface area contributed by atoms with Gasteiger partial charge in [0.15, 0.2) is 11.0 Å². The molecule has 0 aliphatic heterocycles. The third-order valence-electron chi connectivity index (χ3n) is 5.57. The Labute approximate surface area is 229 Å². The summed E-state index contributed by atoms with van der Waals surface area (Å²) >= 11 is 4.75. The number of hydrogen-bond acceptors (Lipinski definition) is 6. The number of nitrogens with zero attached hydrogens (tertiary/aromatic N) is 4. The molecule has 190 valence electrons. The number of ether oxygens (including phenoxy) is 1. The van der Waals surface area contributed by atoms with Crippen molar-refractivity contribution in [2.45, 2.75) is 31.3 Å². The Morgan fingerprint density at radius 3 is 2.46 bits per heavy atom. The van der Waals surface area contributed by atoms with Crippen molar-refractivity contribution < 1.29 is 9.53 Å². The van der Waals surface area contributed by atoms with Gasteiger partial charge in [-0.15, -0.1) is 10.2 Å². The van der Waals surface area contributed by atoms with E-state index in [1.54, 1.807) is 13.3 Å². The Bertz CT molecular complexity index is 1400. The minimum Gasteiger partial charge on any atom is -0.496 e. The number of para-hydroxylation sites is 1. The molecule has 1 N–H and O–H groups in total. The predicted octanol–water partition coefficient (Wildman–Crippen LogP) is 6.25. The molecule has 0 spiro atoms. The highest BCUT2D eigenvalue weighted by molar-refractivity contribution is 9.10. The average Bonchev–Trinajstić information content (AvgIpc) is 3.32. The van der Waals surface area contributed by atoms with Gasteiger partial charge in [0, 0.05) is 11.3 Å². The first-order valence-corrected chi connectivity index (χ1v) is 13.4. The fourth-order valence-corrected chi connectivity index (χ4v) is 4.89. The summed E-state index contributed by atoms with van der Waals surface area (Å²) in [5, 5.41) is 13.6. The van der Waals surface area contributed by atoms with Gasteiger partial charge in [-0.05, 0) is 62.8 Å². The Balaban J connectivity index is 1.49. The molecule has 4 rings (SSSR count). The number of aromatic nitrogens is 3. The summed E-state index contributed by atoms with van der Waals surface area (Å²) in [4.78, 5) is 12.5. The topological polar surface area (TPSA) is 81.4 Å². The van der Waals surface area contributed by atoms with Gasteiger partial charge in [0.25, 0.3) is 5.91 Å². The zero-order valence-corrected chi connectivity index (χ0v) is 23.5. The first-order chi connectivity index (χ1) is 17.8. The lowest BCUT2D eigenvalue weighted by Gasteiger charge is -2.19. The van der Waals surface area contributed by atoms with Crippen LogP contribution in [-0.4, -0.2) is 39.7 Å². The second kappa shape index (κ2) is 11.7. The number of nitrogens with one attached hydrogen (secondary N) is 1. The summed E-state index contributed by atoms with van der Waals surface area (Å²) in [5.41, 5.74) is 6.59. The van der Waals surface area contributed by atoms with E-state index in [0.717, 1.165) is 32.9 Å². The first-order valence-electron chi connectivity index (χ1n) is 11.7. The molecule has 7 nitrogen and oxygen atoms in total. The molecule has 0 aliphatic carbocycles. The van der Waals surface area contributed by atoms with Crippen LogP contribution in [0.2, 0.25) is 0 Å². The normalized spacial score (nSPS) is 11.6. The van der Waals surface area contributed by atoms with Crippen LogP contribution in [0.3, 0.4) is 0 Å². The van der Waals surface area contributed by atoms with E-state index >= 15 is 0 Å². The molecule has 0 bridgehead atoms. The maximum absolute atomic E-state index is 12.5. The van der Waals surface area contributed by atoms with Gasteiger partial charge in [-0.25, -0.2) is 5.43 Å². The van der Waals surface area contributed by atoms with Gasteiger partial charge in [-0.3, -0.25) is 9.36 Å². The summed E-state index contributed by atoms with van der Waals surface area (Å²) in [6.07, 6.45) is 1.58. The predicted molar refractivity (Wildman–Crippen MR) is 153 cm³/mol. The van der Waals surface area contributed by atoms with E-state index in [-0.39, 0.29) is 17.1 Å². The van der Waals surface area contributed by atoms with E-state index in [0.29, 0.717) is 5.16 Å². The third kappa shape index (κ3) is 6.67. The van der Waals surface area contributed by atoms with Gasteiger partial charge in [0.2, 0.25) is 0 Å². The summed E-state index contributed by atoms with van der Waals surface area (Å²) in [5.74, 6) is 1.34. The number of rotatable bonds is 8. The van der Waals surface area contributed by atoms with E-state index in [1.807, 2.05) is 53.1 Å². The van der Waals surface area contributed by atoms with Crippen molar-refractivity contribution in [2.24, 2.45) is 5.10 Å². The number of hydrogen-bond donors (Lipinski definition) is 1. The average molecular weight is 579 g/mol. The molecule has 0 atom stereocenters. The number of carbonyl (C=O) groups excluding carboxylic acids is 1. The largest absolute Gasteiger partial charge is 0.496 e. The van der Waals surface area contributed by atoms with Gasteiger partial charge in [-0.1, -0.05) is 75.0 Å². The van der Waals surface area contributed by atoms with Crippen molar-refractivity contribution in [3.05, 3.63) is 88.4 Å². The monoisotopic (exact) mass is 577 g/mol. The van der Waals surface area contributed by atoms with Crippen molar-refractivity contribution >= 4 is 39.8 Å². The number of amides is 1. The molecule has 1 amide bonds. The molecule has 0 unspecified atom stereocenters. The zero-order valence-electron chi connectivity index (χ0n) is 21.1. The van der Waals surface area contributed by atoms with E-state index in [2.05, 4.69) is 81.7 Å². The highest BCUT2D eigenvalue weighted by Gasteiger charge is 2.19.